The van der Waals surface area contributed by atoms with Gasteiger partial charge in [-0.25, -0.2) is 0 Å². The number of rotatable bonds is 3. The van der Waals surface area contributed by atoms with E-state index in [1.807, 2.05) is 18.2 Å². The molecule has 1 N–H and O–H groups in total. The van der Waals surface area contributed by atoms with Gasteiger partial charge in [-0.15, -0.1) is 0 Å². The van der Waals surface area contributed by atoms with E-state index in [2.05, 4.69) is 57.4 Å². The molecule has 4 rings (SSSR count). The Balaban J connectivity index is 1.68. The van der Waals surface area contributed by atoms with Crippen LogP contribution in [0, 0.1) is 13.8 Å². The number of H-pyrrole nitrogens is 1. The highest BCUT2D eigenvalue weighted by Gasteiger charge is 2.14. The Labute approximate surface area is 138 Å². The van der Waals surface area contributed by atoms with Crippen LogP contribution < -0.4 is 0 Å². The largest absolute Gasteiger partial charge is 0.332 e. The van der Waals surface area contributed by atoms with Gasteiger partial charge in [0.1, 0.15) is 5.69 Å². The number of benzene rings is 1. The molecule has 118 valence electrons. The summed E-state index contributed by atoms with van der Waals surface area (Å²) in [6.45, 7) is 4.13. The fraction of sp³-hybridized carbons (Fsp3) is 0.111. The normalized spacial score (nSPS) is 10.9. The van der Waals surface area contributed by atoms with Crippen molar-refractivity contribution in [1.82, 2.24) is 25.3 Å². The number of hydrogen-bond acceptors (Lipinski definition) is 5. The molecule has 0 saturated heterocycles. The maximum atomic E-state index is 5.35. The number of aromatic amines is 1. The van der Waals surface area contributed by atoms with Gasteiger partial charge in [-0.1, -0.05) is 22.9 Å². The molecule has 0 aliphatic carbocycles. The van der Waals surface area contributed by atoms with Crippen LogP contribution in [0.4, 0.5) is 0 Å². The van der Waals surface area contributed by atoms with Gasteiger partial charge in [0.05, 0.1) is 5.69 Å². The highest BCUT2D eigenvalue weighted by Crippen LogP contribution is 2.27. The summed E-state index contributed by atoms with van der Waals surface area (Å²) in [6, 6.07) is 11.9. The van der Waals surface area contributed by atoms with Crippen LogP contribution in [-0.2, 0) is 0 Å². The first-order valence-corrected chi connectivity index (χ1v) is 7.58. The molecular formula is C18H15N5O. The Morgan fingerprint density at radius 2 is 2.00 bits per heavy atom. The van der Waals surface area contributed by atoms with Gasteiger partial charge < -0.3 is 4.52 Å². The van der Waals surface area contributed by atoms with Crippen molar-refractivity contribution in [3.05, 3.63) is 59.9 Å². The molecule has 3 aromatic heterocycles. The molecule has 0 amide bonds. The molecule has 0 fully saturated rings. The third-order valence-electron chi connectivity index (χ3n) is 3.82. The first-order chi connectivity index (χ1) is 11.7. The lowest BCUT2D eigenvalue weighted by Crippen LogP contribution is -1.84. The zero-order valence-electron chi connectivity index (χ0n) is 13.3. The molecular weight excluding hydrogens is 302 g/mol. The molecule has 0 spiro atoms. The Kier molecular flexibility index (Phi) is 3.42. The second-order valence-electron chi connectivity index (χ2n) is 5.65. The molecule has 6 heteroatoms. The van der Waals surface area contributed by atoms with Gasteiger partial charge in [0.2, 0.25) is 5.82 Å². The molecule has 0 saturated carbocycles. The summed E-state index contributed by atoms with van der Waals surface area (Å²) in [6.07, 6.45) is 3.40. The van der Waals surface area contributed by atoms with Gasteiger partial charge in [0.25, 0.3) is 5.89 Å². The number of nitrogens with zero attached hydrogens (tertiary/aromatic N) is 4. The van der Waals surface area contributed by atoms with Gasteiger partial charge in [-0.2, -0.15) is 10.1 Å². The quantitative estimate of drug-likeness (QED) is 0.621. The summed E-state index contributed by atoms with van der Waals surface area (Å²) in [4.78, 5) is 8.47. The van der Waals surface area contributed by atoms with Crippen molar-refractivity contribution in [3.63, 3.8) is 0 Å². The summed E-state index contributed by atoms with van der Waals surface area (Å²) in [7, 11) is 0. The predicted molar refractivity (Wildman–Crippen MR) is 90.0 cm³/mol. The van der Waals surface area contributed by atoms with E-state index in [1.165, 1.54) is 11.1 Å². The van der Waals surface area contributed by atoms with Crippen molar-refractivity contribution < 1.29 is 4.52 Å². The lowest BCUT2D eigenvalue weighted by atomic mass is 10.0. The van der Waals surface area contributed by atoms with Gasteiger partial charge in [0.15, 0.2) is 0 Å². The molecule has 24 heavy (non-hydrogen) atoms. The maximum Gasteiger partial charge on any atom is 0.276 e. The topological polar surface area (TPSA) is 80.5 Å². The van der Waals surface area contributed by atoms with Crippen LogP contribution in [0.2, 0.25) is 0 Å². The summed E-state index contributed by atoms with van der Waals surface area (Å²) >= 11 is 0. The van der Waals surface area contributed by atoms with E-state index in [-0.39, 0.29) is 0 Å². The van der Waals surface area contributed by atoms with Crippen molar-refractivity contribution in [2.45, 2.75) is 13.8 Å². The zero-order valence-corrected chi connectivity index (χ0v) is 13.3. The van der Waals surface area contributed by atoms with E-state index in [4.69, 9.17) is 4.52 Å². The number of nitrogens with one attached hydrogen (secondary N) is 1. The van der Waals surface area contributed by atoms with Gasteiger partial charge >= 0.3 is 0 Å². The van der Waals surface area contributed by atoms with Gasteiger partial charge in [0, 0.05) is 23.5 Å². The molecule has 0 unspecified atom stereocenters. The highest BCUT2D eigenvalue weighted by molar-refractivity contribution is 5.68. The van der Waals surface area contributed by atoms with Crippen LogP contribution in [0.25, 0.3) is 34.2 Å². The Hall–Kier alpha value is -3.28. The van der Waals surface area contributed by atoms with Crippen LogP contribution in [0.3, 0.4) is 0 Å². The zero-order chi connectivity index (χ0) is 16.5. The fourth-order valence-electron chi connectivity index (χ4n) is 2.53. The maximum absolute atomic E-state index is 5.35. The summed E-state index contributed by atoms with van der Waals surface area (Å²) < 4.78 is 5.35. The first kappa shape index (κ1) is 14.3. The van der Waals surface area contributed by atoms with Crippen LogP contribution in [0.5, 0.6) is 0 Å². The SMILES string of the molecule is Cc1ccc(C)c(-c2cc(-c3nc(-c4cccnc4)no3)[nH]n2)c1. The molecule has 0 radical (unpaired) electrons. The van der Waals surface area contributed by atoms with Crippen LogP contribution >= 0.6 is 0 Å². The van der Waals surface area contributed by atoms with Gasteiger partial charge in [-0.3, -0.25) is 10.1 Å². The van der Waals surface area contributed by atoms with E-state index in [0.717, 1.165) is 16.8 Å². The van der Waals surface area contributed by atoms with Gasteiger partial charge in [-0.05, 0) is 43.7 Å². The van der Waals surface area contributed by atoms with Crippen LogP contribution in [0.15, 0.2) is 53.3 Å². The Morgan fingerprint density at radius 3 is 2.83 bits per heavy atom. The molecule has 0 atom stereocenters. The average molecular weight is 317 g/mol. The molecule has 3 heterocycles. The number of hydrogen-bond donors (Lipinski definition) is 1. The monoisotopic (exact) mass is 317 g/mol. The lowest BCUT2D eigenvalue weighted by molar-refractivity contribution is 0.431. The smallest absolute Gasteiger partial charge is 0.276 e. The third kappa shape index (κ3) is 2.58. The van der Waals surface area contributed by atoms with E-state index in [9.17, 15) is 0 Å². The van der Waals surface area contributed by atoms with Crippen LogP contribution in [0.1, 0.15) is 11.1 Å². The summed E-state index contributed by atoms with van der Waals surface area (Å²) in [5.41, 5.74) is 5.80. The number of aryl methyl sites for hydroxylation is 2. The second kappa shape index (κ2) is 5.73. The summed E-state index contributed by atoms with van der Waals surface area (Å²) in [5, 5.41) is 11.4. The lowest BCUT2D eigenvalue weighted by Gasteiger charge is -2.02. The minimum atomic E-state index is 0.401. The van der Waals surface area contributed by atoms with E-state index < -0.39 is 0 Å². The molecule has 0 aliphatic rings. The minimum Gasteiger partial charge on any atom is -0.332 e. The average Bonchev–Trinajstić information content (AvgIpc) is 3.27. The standard InChI is InChI=1S/C18H15N5O/c1-11-5-6-12(2)14(8-11)15-9-16(22-21-15)18-20-17(23-24-18)13-4-3-7-19-10-13/h3-10H,1-2H3,(H,21,22). The Bertz CT molecular complexity index is 988. The molecule has 1 aromatic carbocycles. The fourth-order valence-corrected chi connectivity index (χ4v) is 2.53. The second-order valence-corrected chi connectivity index (χ2v) is 5.65. The summed E-state index contributed by atoms with van der Waals surface area (Å²) in [5.74, 6) is 0.902. The van der Waals surface area contributed by atoms with Crippen molar-refractivity contribution >= 4 is 0 Å². The molecule has 4 aromatic rings. The Morgan fingerprint density at radius 1 is 1.08 bits per heavy atom. The molecule has 0 bridgehead atoms. The van der Waals surface area contributed by atoms with Crippen molar-refractivity contribution in [2.75, 3.05) is 0 Å². The first-order valence-electron chi connectivity index (χ1n) is 7.58. The van der Waals surface area contributed by atoms with Crippen molar-refractivity contribution in [3.8, 4) is 34.2 Å². The third-order valence-corrected chi connectivity index (χ3v) is 3.82. The minimum absolute atomic E-state index is 0.401. The van der Waals surface area contributed by atoms with Crippen molar-refractivity contribution in [2.24, 2.45) is 0 Å². The number of pyridine rings is 1. The van der Waals surface area contributed by atoms with E-state index in [1.54, 1.807) is 12.4 Å². The number of aromatic nitrogens is 5. The molecule has 6 nitrogen and oxygen atoms in total. The predicted octanol–water partition coefficient (Wildman–Crippen LogP) is 3.81. The highest BCUT2D eigenvalue weighted by atomic mass is 16.5. The van der Waals surface area contributed by atoms with Crippen molar-refractivity contribution in [1.29, 1.82) is 0 Å². The van der Waals surface area contributed by atoms with E-state index >= 15 is 0 Å². The molecule has 0 aliphatic heterocycles. The van der Waals surface area contributed by atoms with Crippen LogP contribution in [-0.4, -0.2) is 25.3 Å². The van der Waals surface area contributed by atoms with E-state index in [0.29, 0.717) is 17.4 Å².